The number of esters is 1. The van der Waals surface area contributed by atoms with Crippen molar-refractivity contribution >= 4 is 35.2 Å². The van der Waals surface area contributed by atoms with Gasteiger partial charge in [0.15, 0.2) is 11.5 Å². The molecule has 0 spiro atoms. The Hall–Kier alpha value is -3.25. The van der Waals surface area contributed by atoms with Crippen molar-refractivity contribution in [3.63, 3.8) is 0 Å². The Bertz CT molecular complexity index is 1060. The molecule has 0 aromatic heterocycles. The van der Waals surface area contributed by atoms with Crippen LogP contribution in [0.5, 0.6) is 11.5 Å². The minimum atomic E-state index is -0.581. The lowest BCUT2D eigenvalue weighted by Gasteiger charge is -2.18. The summed E-state index contributed by atoms with van der Waals surface area (Å²) in [6, 6.07) is 12.2. The summed E-state index contributed by atoms with van der Waals surface area (Å²) in [6.07, 6.45) is 1.64. The van der Waals surface area contributed by atoms with Gasteiger partial charge < -0.3 is 14.2 Å². The number of fused-ring (bicyclic) bond motifs is 1. The maximum Gasteiger partial charge on any atom is 0.340 e. The third-order valence-electron chi connectivity index (χ3n) is 4.56. The van der Waals surface area contributed by atoms with E-state index in [1.807, 2.05) is 0 Å². The summed E-state index contributed by atoms with van der Waals surface area (Å²) < 4.78 is 15.6. The van der Waals surface area contributed by atoms with Gasteiger partial charge in [0.25, 0.3) is 5.91 Å². The normalized spacial score (nSPS) is 16.9. The summed E-state index contributed by atoms with van der Waals surface area (Å²) in [5, 5.41) is 0.492. The number of hydrogen-bond acceptors (Lipinski definition) is 5. The Kier molecular flexibility index (Phi) is 4.57. The number of rotatable bonds is 3. The highest BCUT2D eigenvalue weighted by Crippen LogP contribution is 2.38. The van der Waals surface area contributed by atoms with Crippen LogP contribution in [0.15, 0.2) is 59.3 Å². The number of methoxy groups -OCH3 is 1. The van der Waals surface area contributed by atoms with Crippen LogP contribution in [0.3, 0.4) is 0 Å². The number of halogens is 1. The average molecular weight is 398 g/mol. The minimum absolute atomic E-state index is 0.156. The zero-order valence-corrected chi connectivity index (χ0v) is 15.9. The van der Waals surface area contributed by atoms with Crippen molar-refractivity contribution in [1.82, 2.24) is 0 Å². The van der Waals surface area contributed by atoms with Crippen molar-refractivity contribution < 1.29 is 23.8 Å². The van der Waals surface area contributed by atoms with E-state index in [-0.39, 0.29) is 23.8 Å². The van der Waals surface area contributed by atoms with E-state index >= 15 is 0 Å². The molecular weight excluding hydrogens is 382 g/mol. The quantitative estimate of drug-likeness (QED) is 0.579. The summed E-state index contributed by atoms with van der Waals surface area (Å²) in [5.74, 6) is 0.312. The zero-order chi connectivity index (χ0) is 19.8. The van der Waals surface area contributed by atoms with Crippen LogP contribution in [0, 0.1) is 0 Å². The second-order valence-electron chi connectivity index (χ2n) is 6.24. The predicted molar refractivity (Wildman–Crippen MR) is 104 cm³/mol. The molecule has 2 heterocycles. The van der Waals surface area contributed by atoms with Crippen LogP contribution in [0.25, 0.3) is 6.08 Å². The van der Waals surface area contributed by atoms with Gasteiger partial charge in [-0.05, 0) is 48.9 Å². The zero-order valence-electron chi connectivity index (χ0n) is 15.2. The van der Waals surface area contributed by atoms with Crippen molar-refractivity contribution in [1.29, 1.82) is 0 Å². The molecule has 2 aliphatic heterocycles. The summed E-state index contributed by atoms with van der Waals surface area (Å²) in [6.45, 7) is 1.86. The summed E-state index contributed by atoms with van der Waals surface area (Å²) in [7, 11) is 1.29. The highest BCUT2D eigenvalue weighted by atomic mass is 35.5. The lowest BCUT2D eigenvalue weighted by Crippen LogP contribution is -2.24. The fourth-order valence-corrected chi connectivity index (χ4v) is 3.46. The Balaban J connectivity index is 1.82. The molecule has 0 saturated heterocycles. The fraction of sp³-hybridized carbons (Fsp3) is 0.143. The SMILES string of the molecule is COC(=O)C1=C(C)N(c2cccc(Cl)c2)C(=O)/C1=C\c1ccc2c(c1)OCO2. The lowest BCUT2D eigenvalue weighted by molar-refractivity contribution is -0.136. The molecule has 2 aromatic carbocycles. The first kappa shape index (κ1) is 18.1. The Labute approximate surface area is 166 Å². The van der Waals surface area contributed by atoms with Crippen LogP contribution in [0.4, 0.5) is 5.69 Å². The summed E-state index contributed by atoms with van der Waals surface area (Å²) in [5.41, 5.74) is 2.21. The first-order valence-electron chi connectivity index (χ1n) is 8.50. The van der Waals surface area contributed by atoms with E-state index < -0.39 is 5.97 Å². The largest absolute Gasteiger partial charge is 0.465 e. The van der Waals surface area contributed by atoms with Gasteiger partial charge in [0.1, 0.15) is 0 Å². The van der Waals surface area contributed by atoms with Gasteiger partial charge in [-0.15, -0.1) is 0 Å². The van der Waals surface area contributed by atoms with Crippen molar-refractivity contribution in [2.24, 2.45) is 0 Å². The Morgan fingerprint density at radius 3 is 2.71 bits per heavy atom. The van der Waals surface area contributed by atoms with Gasteiger partial charge in [0, 0.05) is 10.7 Å². The molecule has 0 aliphatic carbocycles. The number of anilines is 1. The monoisotopic (exact) mass is 397 g/mol. The van der Waals surface area contributed by atoms with E-state index in [4.69, 9.17) is 25.8 Å². The summed E-state index contributed by atoms with van der Waals surface area (Å²) in [4.78, 5) is 27.1. The molecule has 0 N–H and O–H groups in total. The maximum atomic E-state index is 13.2. The van der Waals surface area contributed by atoms with Crippen LogP contribution >= 0.6 is 11.6 Å². The molecular formula is C21H16ClNO5. The molecule has 28 heavy (non-hydrogen) atoms. The minimum Gasteiger partial charge on any atom is -0.465 e. The predicted octanol–water partition coefficient (Wildman–Crippen LogP) is 3.95. The molecule has 2 aromatic rings. The van der Waals surface area contributed by atoms with E-state index in [0.717, 1.165) is 0 Å². The van der Waals surface area contributed by atoms with E-state index in [2.05, 4.69) is 0 Å². The van der Waals surface area contributed by atoms with Crippen molar-refractivity contribution in [3.8, 4) is 11.5 Å². The van der Waals surface area contributed by atoms with Crippen LogP contribution in [-0.4, -0.2) is 25.8 Å². The van der Waals surface area contributed by atoms with Crippen LogP contribution in [-0.2, 0) is 14.3 Å². The number of benzene rings is 2. The topological polar surface area (TPSA) is 65.1 Å². The maximum absolute atomic E-state index is 13.2. The van der Waals surface area contributed by atoms with Gasteiger partial charge in [-0.25, -0.2) is 4.79 Å². The highest BCUT2D eigenvalue weighted by Gasteiger charge is 2.38. The van der Waals surface area contributed by atoms with Gasteiger partial charge in [-0.1, -0.05) is 23.7 Å². The molecule has 1 amide bonds. The molecule has 0 radical (unpaired) electrons. The number of nitrogens with zero attached hydrogens (tertiary/aromatic N) is 1. The lowest BCUT2D eigenvalue weighted by atomic mass is 10.0. The van der Waals surface area contributed by atoms with E-state index in [1.54, 1.807) is 55.5 Å². The van der Waals surface area contributed by atoms with Crippen LogP contribution in [0.2, 0.25) is 5.02 Å². The van der Waals surface area contributed by atoms with Gasteiger partial charge in [-0.2, -0.15) is 0 Å². The number of amides is 1. The van der Waals surface area contributed by atoms with Gasteiger partial charge >= 0.3 is 5.97 Å². The van der Waals surface area contributed by atoms with Gasteiger partial charge in [-0.3, -0.25) is 9.69 Å². The molecule has 2 aliphatic rings. The first-order chi connectivity index (χ1) is 13.5. The number of ether oxygens (including phenoxy) is 3. The second-order valence-corrected chi connectivity index (χ2v) is 6.68. The standard InChI is InChI=1S/C21H16ClNO5/c1-12-19(21(25)26-2)16(8-13-6-7-17-18(9-13)28-11-27-17)20(24)23(12)15-5-3-4-14(22)10-15/h3-10H,11H2,1-2H3/b16-8-. The van der Waals surface area contributed by atoms with E-state index in [1.165, 1.54) is 12.0 Å². The molecule has 4 rings (SSSR count). The third-order valence-corrected chi connectivity index (χ3v) is 4.80. The van der Waals surface area contributed by atoms with Crippen LogP contribution < -0.4 is 14.4 Å². The molecule has 0 fully saturated rings. The van der Waals surface area contributed by atoms with Gasteiger partial charge in [0.05, 0.1) is 23.9 Å². The first-order valence-corrected chi connectivity index (χ1v) is 8.88. The Morgan fingerprint density at radius 2 is 1.96 bits per heavy atom. The number of carbonyl (C=O) groups is 2. The third kappa shape index (κ3) is 3.01. The smallest absolute Gasteiger partial charge is 0.340 e. The van der Waals surface area contributed by atoms with Crippen molar-refractivity contribution in [3.05, 3.63) is 69.9 Å². The van der Waals surface area contributed by atoms with Crippen LogP contribution in [0.1, 0.15) is 12.5 Å². The molecule has 7 heteroatoms. The van der Waals surface area contributed by atoms with Crippen molar-refractivity contribution in [2.75, 3.05) is 18.8 Å². The number of allylic oxidation sites excluding steroid dienone is 1. The molecule has 0 bridgehead atoms. The van der Waals surface area contributed by atoms with E-state index in [0.29, 0.717) is 33.5 Å². The molecule has 6 nitrogen and oxygen atoms in total. The molecule has 0 unspecified atom stereocenters. The Morgan fingerprint density at radius 1 is 1.18 bits per heavy atom. The summed E-state index contributed by atoms with van der Waals surface area (Å²) >= 11 is 6.08. The second kappa shape index (κ2) is 7.05. The highest BCUT2D eigenvalue weighted by molar-refractivity contribution is 6.31. The molecule has 0 atom stereocenters. The molecule has 142 valence electrons. The van der Waals surface area contributed by atoms with Crippen molar-refractivity contribution in [2.45, 2.75) is 6.92 Å². The fourth-order valence-electron chi connectivity index (χ4n) is 3.28. The average Bonchev–Trinajstić information content (AvgIpc) is 3.23. The van der Waals surface area contributed by atoms with Gasteiger partial charge in [0.2, 0.25) is 6.79 Å². The number of carbonyl (C=O) groups excluding carboxylic acids is 2. The molecule has 0 saturated carbocycles. The van der Waals surface area contributed by atoms with E-state index in [9.17, 15) is 9.59 Å². The number of hydrogen-bond donors (Lipinski definition) is 0.